The van der Waals surface area contributed by atoms with E-state index in [-0.39, 0.29) is 5.91 Å². The number of carbonyl (C=O) groups is 1. The molecule has 0 atom stereocenters. The first-order valence-electron chi connectivity index (χ1n) is 8.51. The van der Waals surface area contributed by atoms with Gasteiger partial charge in [0.25, 0.3) is 5.91 Å². The highest BCUT2D eigenvalue weighted by Gasteiger charge is 2.26. The summed E-state index contributed by atoms with van der Waals surface area (Å²) < 4.78 is 5.48. The molecule has 0 radical (unpaired) electrons. The lowest BCUT2D eigenvalue weighted by molar-refractivity contribution is 0.0704. The minimum absolute atomic E-state index is 0.127. The molecule has 0 aromatic heterocycles. The van der Waals surface area contributed by atoms with Crippen molar-refractivity contribution in [2.45, 2.75) is 38.6 Å². The molecular weight excluding hydrogens is 276 g/mol. The van der Waals surface area contributed by atoms with Crippen LogP contribution in [0.15, 0.2) is 24.3 Å². The molecule has 1 amide bonds. The van der Waals surface area contributed by atoms with Gasteiger partial charge >= 0.3 is 0 Å². The topological polar surface area (TPSA) is 41.6 Å². The van der Waals surface area contributed by atoms with Gasteiger partial charge in [-0.05, 0) is 63.3 Å². The monoisotopic (exact) mass is 302 g/mol. The van der Waals surface area contributed by atoms with Crippen LogP contribution in [0, 0.1) is 5.92 Å². The highest BCUT2D eigenvalue weighted by atomic mass is 16.5. The molecule has 4 nitrogen and oxygen atoms in total. The number of piperidine rings is 1. The lowest BCUT2D eigenvalue weighted by atomic mass is 10.0. The molecule has 1 aromatic rings. The maximum Gasteiger partial charge on any atom is 0.253 e. The number of likely N-dealkylation sites (tertiary alicyclic amines) is 1. The predicted octanol–water partition coefficient (Wildman–Crippen LogP) is 2.69. The third-order valence-corrected chi connectivity index (χ3v) is 4.57. The van der Waals surface area contributed by atoms with Crippen LogP contribution in [0.5, 0.6) is 5.75 Å². The van der Waals surface area contributed by atoms with Gasteiger partial charge in [0.1, 0.15) is 5.75 Å². The molecule has 0 spiro atoms. The first kappa shape index (κ1) is 15.3. The summed E-state index contributed by atoms with van der Waals surface area (Å²) >= 11 is 0. The van der Waals surface area contributed by atoms with Crippen molar-refractivity contribution >= 4 is 5.91 Å². The SMILES string of the molecule is CCOc1cccc(C(=O)N2CCC(NCC3CC3)CC2)c1. The third-order valence-electron chi connectivity index (χ3n) is 4.57. The first-order valence-corrected chi connectivity index (χ1v) is 8.51. The highest BCUT2D eigenvalue weighted by Crippen LogP contribution is 2.28. The van der Waals surface area contributed by atoms with Crippen LogP contribution < -0.4 is 10.1 Å². The average Bonchev–Trinajstić information content (AvgIpc) is 3.38. The molecule has 1 heterocycles. The Kier molecular flexibility index (Phi) is 4.98. The van der Waals surface area contributed by atoms with Crippen LogP contribution in [-0.4, -0.2) is 43.1 Å². The van der Waals surface area contributed by atoms with Gasteiger partial charge in [0.05, 0.1) is 6.61 Å². The lowest BCUT2D eigenvalue weighted by Gasteiger charge is -2.32. The fourth-order valence-corrected chi connectivity index (χ4v) is 3.01. The number of hydrogen-bond acceptors (Lipinski definition) is 3. The maximum absolute atomic E-state index is 12.6. The summed E-state index contributed by atoms with van der Waals surface area (Å²) in [4.78, 5) is 14.6. The molecule has 1 saturated carbocycles. The normalized spacial score (nSPS) is 19.2. The smallest absolute Gasteiger partial charge is 0.253 e. The Labute approximate surface area is 132 Å². The van der Waals surface area contributed by atoms with Crippen molar-refractivity contribution in [2.24, 2.45) is 5.92 Å². The van der Waals surface area contributed by atoms with Crippen molar-refractivity contribution in [1.82, 2.24) is 10.2 Å². The Hall–Kier alpha value is -1.55. The van der Waals surface area contributed by atoms with E-state index >= 15 is 0 Å². The van der Waals surface area contributed by atoms with Crippen LogP contribution in [0.3, 0.4) is 0 Å². The van der Waals surface area contributed by atoms with Crippen molar-refractivity contribution < 1.29 is 9.53 Å². The molecule has 2 aliphatic rings. The Bertz CT molecular complexity index is 506. The van der Waals surface area contributed by atoms with E-state index in [1.807, 2.05) is 36.1 Å². The van der Waals surface area contributed by atoms with Crippen molar-refractivity contribution in [3.63, 3.8) is 0 Å². The molecular formula is C18H26N2O2. The fraction of sp³-hybridized carbons (Fsp3) is 0.611. The van der Waals surface area contributed by atoms with E-state index in [1.165, 1.54) is 12.8 Å². The van der Waals surface area contributed by atoms with E-state index in [1.54, 1.807) is 0 Å². The summed E-state index contributed by atoms with van der Waals surface area (Å²) in [5.41, 5.74) is 0.732. The minimum Gasteiger partial charge on any atom is -0.494 e. The van der Waals surface area contributed by atoms with Gasteiger partial charge in [0.2, 0.25) is 0 Å². The summed E-state index contributed by atoms with van der Waals surface area (Å²) in [7, 11) is 0. The van der Waals surface area contributed by atoms with Crippen LogP contribution in [0.25, 0.3) is 0 Å². The van der Waals surface area contributed by atoms with Gasteiger partial charge in [0, 0.05) is 24.7 Å². The average molecular weight is 302 g/mol. The summed E-state index contributed by atoms with van der Waals surface area (Å²) in [6.45, 7) is 5.43. The summed E-state index contributed by atoms with van der Waals surface area (Å²) in [6.07, 6.45) is 4.90. The van der Waals surface area contributed by atoms with Crippen LogP contribution in [-0.2, 0) is 0 Å². The van der Waals surface area contributed by atoms with Gasteiger partial charge in [0.15, 0.2) is 0 Å². The zero-order chi connectivity index (χ0) is 15.4. The number of nitrogens with one attached hydrogen (secondary N) is 1. The largest absolute Gasteiger partial charge is 0.494 e. The standard InChI is InChI=1S/C18H26N2O2/c1-2-22-17-5-3-4-15(12-17)18(21)20-10-8-16(9-11-20)19-13-14-6-7-14/h3-5,12,14,16,19H,2,6-11,13H2,1H3. The second-order valence-electron chi connectivity index (χ2n) is 6.38. The lowest BCUT2D eigenvalue weighted by Crippen LogP contribution is -2.45. The van der Waals surface area contributed by atoms with Crippen molar-refractivity contribution in [2.75, 3.05) is 26.2 Å². The Morgan fingerprint density at radius 1 is 1.27 bits per heavy atom. The first-order chi connectivity index (χ1) is 10.8. The maximum atomic E-state index is 12.6. The Morgan fingerprint density at radius 3 is 2.73 bits per heavy atom. The highest BCUT2D eigenvalue weighted by molar-refractivity contribution is 5.94. The molecule has 3 rings (SSSR count). The van der Waals surface area contributed by atoms with Gasteiger partial charge < -0.3 is 15.0 Å². The molecule has 4 heteroatoms. The molecule has 22 heavy (non-hydrogen) atoms. The number of nitrogens with zero attached hydrogens (tertiary/aromatic N) is 1. The van der Waals surface area contributed by atoms with E-state index in [2.05, 4.69) is 5.32 Å². The van der Waals surface area contributed by atoms with E-state index in [0.29, 0.717) is 12.6 Å². The number of benzene rings is 1. The molecule has 1 N–H and O–H groups in total. The zero-order valence-corrected chi connectivity index (χ0v) is 13.4. The molecule has 0 unspecified atom stereocenters. The summed E-state index contributed by atoms with van der Waals surface area (Å²) in [5, 5.41) is 3.65. The summed E-state index contributed by atoms with van der Waals surface area (Å²) in [5.74, 6) is 1.82. The predicted molar refractivity (Wildman–Crippen MR) is 87.3 cm³/mol. The molecule has 2 fully saturated rings. The number of carbonyl (C=O) groups excluding carboxylic acids is 1. The molecule has 1 aliphatic heterocycles. The van der Waals surface area contributed by atoms with Crippen molar-refractivity contribution in [3.05, 3.63) is 29.8 Å². The number of hydrogen-bond donors (Lipinski definition) is 1. The molecule has 120 valence electrons. The van der Waals surface area contributed by atoms with Crippen LogP contribution in [0.1, 0.15) is 43.0 Å². The van der Waals surface area contributed by atoms with E-state index in [4.69, 9.17) is 4.74 Å². The van der Waals surface area contributed by atoms with Crippen molar-refractivity contribution in [1.29, 1.82) is 0 Å². The summed E-state index contributed by atoms with van der Waals surface area (Å²) in [6, 6.07) is 8.10. The van der Waals surface area contributed by atoms with E-state index in [9.17, 15) is 4.79 Å². The zero-order valence-electron chi connectivity index (χ0n) is 13.4. The van der Waals surface area contributed by atoms with Crippen LogP contribution in [0.2, 0.25) is 0 Å². The minimum atomic E-state index is 0.127. The van der Waals surface area contributed by atoms with Crippen LogP contribution >= 0.6 is 0 Å². The number of amides is 1. The van der Waals surface area contributed by atoms with Crippen molar-refractivity contribution in [3.8, 4) is 5.75 Å². The van der Waals surface area contributed by atoms with Gasteiger partial charge in [-0.2, -0.15) is 0 Å². The molecule has 1 aliphatic carbocycles. The number of ether oxygens (including phenoxy) is 1. The van der Waals surface area contributed by atoms with Gasteiger partial charge in [-0.3, -0.25) is 4.79 Å². The second-order valence-corrected chi connectivity index (χ2v) is 6.38. The van der Waals surface area contributed by atoms with Gasteiger partial charge in [-0.1, -0.05) is 6.07 Å². The Balaban J connectivity index is 1.51. The number of rotatable bonds is 6. The van der Waals surface area contributed by atoms with E-state index in [0.717, 1.165) is 49.7 Å². The quantitative estimate of drug-likeness (QED) is 0.878. The van der Waals surface area contributed by atoms with Gasteiger partial charge in [-0.15, -0.1) is 0 Å². The third kappa shape index (κ3) is 4.01. The molecule has 1 saturated heterocycles. The molecule has 1 aromatic carbocycles. The van der Waals surface area contributed by atoms with Crippen LogP contribution in [0.4, 0.5) is 0 Å². The van der Waals surface area contributed by atoms with E-state index < -0.39 is 0 Å². The molecule has 0 bridgehead atoms. The second kappa shape index (κ2) is 7.14. The fourth-order valence-electron chi connectivity index (χ4n) is 3.01. The van der Waals surface area contributed by atoms with Gasteiger partial charge in [-0.25, -0.2) is 0 Å². The Morgan fingerprint density at radius 2 is 2.05 bits per heavy atom.